The second-order valence-electron chi connectivity index (χ2n) is 5.92. The number of ether oxygens (including phenoxy) is 1. The van der Waals surface area contributed by atoms with Gasteiger partial charge in [-0.3, -0.25) is 9.59 Å². The van der Waals surface area contributed by atoms with Crippen molar-refractivity contribution >= 4 is 21.9 Å². The lowest BCUT2D eigenvalue weighted by molar-refractivity contribution is -0.144. The zero-order chi connectivity index (χ0) is 20.4. The van der Waals surface area contributed by atoms with Crippen molar-refractivity contribution in [2.45, 2.75) is 51.0 Å². The highest BCUT2D eigenvalue weighted by atomic mass is 32.2. The fraction of sp³-hybridized carbons (Fsp3) is 0.556. The first-order valence-corrected chi connectivity index (χ1v) is 10.5. The molecule has 152 valence electrons. The molecule has 1 atom stereocenters. The van der Waals surface area contributed by atoms with Gasteiger partial charge < -0.3 is 9.64 Å². The molecule has 0 saturated carbocycles. The molecule has 0 bridgehead atoms. The molecule has 1 N–H and O–H groups in total. The lowest BCUT2D eigenvalue weighted by Crippen LogP contribution is -2.49. The van der Waals surface area contributed by atoms with Gasteiger partial charge in [-0.05, 0) is 44.0 Å². The molecule has 0 aliphatic rings. The van der Waals surface area contributed by atoms with Crippen LogP contribution in [0.4, 0.5) is 4.39 Å². The van der Waals surface area contributed by atoms with E-state index in [0.29, 0.717) is 13.0 Å². The molecule has 0 heterocycles. The van der Waals surface area contributed by atoms with Gasteiger partial charge in [0.05, 0.1) is 17.9 Å². The van der Waals surface area contributed by atoms with Crippen LogP contribution in [0.2, 0.25) is 0 Å². The van der Waals surface area contributed by atoms with Crippen molar-refractivity contribution < 1.29 is 27.1 Å². The van der Waals surface area contributed by atoms with Crippen LogP contribution in [0.1, 0.15) is 40.0 Å². The van der Waals surface area contributed by atoms with Crippen molar-refractivity contribution in [1.82, 2.24) is 9.62 Å². The van der Waals surface area contributed by atoms with Crippen LogP contribution in [-0.2, 0) is 24.3 Å². The Kier molecular flexibility index (Phi) is 9.37. The summed E-state index contributed by atoms with van der Waals surface area (Å²) >= 11 is 0. The molecule has 0 aliphatic carbocycles. The lowest BCUT2D eigenvalue weighted by Gasteiger charge is -2.27. The molecule has 0 saturated heterocycles. The van der Waals surface area contributed by atoms with E-state index in [4.69, 9.17) is 4.74 Å². The minimum Gasteiger partial charge on any atom is -0.466 e. The summed E-state index contributed by atoms with van der Waals surface area (Å²) in [6.07, 6.45) is 0.940. The van der Waals surface area contributed by atoms with Crippen LogP contribution < -0.4 is 4.72 Å². The van der Waals surface area contributed by atoms with Gasteiger partial charge in [-0.2, -0.15) is 4.72 Å². The van der Waals surface area contributed by atoms with E-state index in [1.165, 1.54) is 4.90 Å². The van der Waals surface area contributed by atoms with Crippen LogP contribution in [0.5, 0.6) is 0 Å². The fourth-order valence-electron chi connectivity index (χ4n) is 2.46. The number of esters is 1. The first-order valence-electron chi connectivity index (χ1n) is 8.97. The summed E-state index contributed by atoms with van der Waals surface area (Å²) in [7, 11) is -3.98. The molecule has 1 aromatic carbocycles. The standard InChI is InChI=1S/C18H27FN2O5S/c1-4-12-21(13-11-17(22)26-6-3)18(23)16(5-2)20-27(24,25)15-9-7-14(19)8-10-15/h7-10,16,20H,4-6,11-13H2,1-3H3. The molecule has 0 spiro atoms. The number of rotatable bonds is 11. The minimum atomic E-state index is -3.98. The Labute approximate surface area is 159 Å². The summed E-state index contributed by atoms with van der Waals surface area (Å²) in [5.74, 6) is -1.37. The minimum absolute atomic E-state index is 0.0424. The predicted molar refractivity (Wildman–Crippen MR) is 98.9 cm³/mol. The van der Waals surface area contributed by atoms with E-state index in [9.17, 15) is 22.4 Å². The number of nitrogens with one attached hydrogen (secondary N) is 1. The Bertz CT molecular complexity index is 722. The Morgan fingerprint density at radius 2 is 1.78 bits per heavy atom. The summed E-state index contributed by atoms with van der Waals surface area (Å²) in [5, 5.41) is 0. The van der Waals surface area contributed by atoms with Crippen LogP contribution in [0, 0.1) is 5.82 Å². The second kappa shape index (κ2) is 11.0. The summed E-state index contributed by atoms with van der Waals surface area (Å²) in [6, 6.07) is 3.38. The number of amides is 1. The summed E-state index contributed by atoms with van der Waals surface area (Å²) in [5.41, 5.74) is 0. The van der Waals surface area contributed by atoms with Crippen molar-refractivity contribution in [1.29, 1.82) is 0 Å². The van der Waals surface area contributed by atoms with E-state index in [2.05, 4.69) is 4.72 Å². The van der Waals surface area contributed by atoms with Gasteiger partial charge in [0.15, 0.2) is 0 Å². The van der Waals surface area contributed by atoms with Crippen molar-refractivity contribution in [3.05, 3.63) is 30.1 Å². The molecule has 27 heavy (non-hydrogen) atoms. The van der Waals surface area contributed by atoms with Gasteiger partial charge >= 0.3 is 5.97 Å². The number of hydrogen-bond donors (Lipinski definition) is 1. The molecule has 0 fully saturated rings. The van der Waals surface area contributed by atoms with E-state index in [1.807, 2.05) is 6.92 Å². The quantitative estimate of drug-likeness (QED) is 0.572. The zero-order valence-electron chi connectivity index (χ0n) is 15.9. The van der Waals surface area contributed by atoms with E-state index < -0.39 is 33.8 Å². The molecule has 0 aliphatic heterocycles. The molecule has 0 aromatic heterocycles. The highest BCUT2D eigenvalue weighted by molar-refractivity contribution is 7.89. The summed E-state index contributed by atoms with van der Waals surface area (Å²) in [4.78, 5) is 25.7. The van der Waals surface area contributed by atoms with Crippen LogP contribution in [0.25, 0.3) is 0 Å². The first-order chi connectivity index (χ1) is 12.7. The molecule has 1 rings (SSSR count). The number of carbonyl (C=O) groups excluding carboxylic acids is 2. The van der Waals surface area contributed by atoms with Gasteiger partial charge in [-0.15, -0.1) is 0 Å². The Morgan fingerprint density at radius 3 is 2.30 bits per heavy atom. The van der Waals surface area contributed by atoms with Crippen molar-refractivity contribution in [2.24, 2.45) is 0 Å². The predicted octanol–water partition coefficient (Wildman–Crippen LogP) is 2.07. The third-order valence-electron chi connectivity index (χ3n) is 3.82. The number of halogens is 1. The number of nitrogens with zero attached hydrogens (tertiary/aromatic N) is 1. The lowest BCUT2D eigenvalue weighted by atomic mass is 10.2. The van der Waals surface area contributed by atoms with Gasteiger partial charge in [-0.1, -0.05) is 13.8 Å². The molecule has 1 amide bonds. The monoisotopic (exact) mass is 402 g/mol. The maximum Gasteiger partial charge on any atom is 0.307 e. The topological polar surface area (TPSA) is 92.8 Å². The van der Waals surface area contributed by atoms with Gasteiger partial charge in [0.25, 0.3) is 0 Å². The van der Waals surface area contributed by atoms with E-state index in [1.54, 1.807) is 13.8 Å². The van der Waals surface area contributed by atoms with Crippen LogP contribution in [-0.4, -0.2) is 50.9 Å². The number of sulfonamides is 1. The van der Waals surface area contributed by atoms with E-state index in [0.717, 1.165) is 24.3 Å². The Balaban J connectivity index is 2.87. The number of benzene rings is 1. The maximum absolute atomic E-state index is 13.0. The maximum atomic E-state index is 13.0. The number of hydrogen-bond acceptors (Lipinski definition) is 5. The van der Waals surface area contributed by atoms with Gasteiger partial charge in [0.2, 0.25) is 15.9 Å². The van der Waals surface area contributed by atoms with Crippen LogP contribution in [0.3, 0.4) is 0 Å². The second-order valence-corrected chi connectivity index (χ2v) is 7.63. The van der Waals surface area contributed by atoms with Gasteiger partial charge in [-0.25, -0.2) is 12.8 Å². The molecule has 9 heteroatoms. The van der Waals surface area contributed by atoms with E-state index in [-0.39, 0.29) is 30.9 Å². The van der Waals surface area contributed by atoms with Crippen molar-refractivity contribution in [3.8, 4) is 0 Å². The normalized spacial score (nSPS) is 12.4. The SMILES string of the molecule is CCCN(CCC(=O)OCC)C(=O)C(CC)NS(=O)(=O)c1ccc(F)cc1. The Morgan fingerprint density at radius 1 is 1.15 bits per heavy atom. The van der Waals surface area contributed by atoms with Crippen molar-refractivity contribution in [2.75, 3.05) is 19.7 Å². The van der Waals surface area contributed by atoms with Gasteiger partial charge in [0.1, 0.15) is 11.9 Å². The third kappa shape index (κ3) is 7.26. The first kappa shape index (κ1) is 23.0. The fourth-order valence-corrected chi connectivity index (χ4v) is 3.73. The van der Waals surface area contributed by atoms with E-state index >= 15 is 0 Å². The van der Waals surface area contributed by atoms with Crippen LogP contribution in [0.15, 0.2) is 29.2 Å². The Hall–Kier alpha value is -2.00. The summed E-state index contributed by atoms with van der Waals surface area (Å²) in [6.45, 7) is 6.08. The smallest absolute Gasteiger partial charge is 0.307 e. The zero-order valence-corrected chi connectivity index (χ0v) is 16.7. The average molecular weight is 402 g/mol. The van der Waals surface area contributed by atoms with Gasteiger partial charge in [0, 0.05) is 13.1 Å². The van der Waals surface area contributed by atoms with Crippen molar-refractivity contribution in [3.63, 3.8) is 0 Å². The summed E-state index contributed by atoms with van der Waals surface area (Å²) < 4.78 is 45.2. The molecule has 0 radical (unpaired) electrons. The average Bonchev–Trinajstić information content (AvgIpc) is 2.63. The molecule has 7 nitrogen and oxygen atoms in total. The van der Waals surface area contributed by atoms with Crippen LogP contribution >= 0.6 is 0 Å². The molecular formula is C18H27FN2O5S. The molecular weight excluding hydrogens is 375 g/mol. The molecule has 1 unspecified atom stereocenters. The highest BCUT2D eigenvalue weighted by Crippen LogP contribution is 2.12. The number of carbonyl (C=O) groups is 2. The largest absolute Gasteiger partial charge is 0.466 e. The highest BCUT2D eigenvalue weighted by Gasteiger charge is 2.28. The third-order valence-corrected chi connectivity index (χ3v) is 5.31. The molecule has 1 aromatic rings.